The van der Waals surface area contributed by atoms with Gasteiger partial charge in [0.25, 0.3) is 0 Å². The van der Waals surface area contributed by atoms with Gasteiger partial charge in [0.15, 0.2) is 0 Å². The van der Waals surface area contributed by atoms with Gasteiger partial charge in [0.05, 0.1) is 18.1 Å². The van der Waals surface area contributed by atoms with Crippen LogP contribution < -0.4 is 0 Å². The third-order valence-corrected chi connectivity index (χ3v) is 6.25. The first-order valence-corrected chi connectivity index (χ1v) is 10.4. The maximum Gasteiger partial charge on any atom is 0.410 e. The summed E-state index contributed by atoms with van der Waals surface area (Å²) >= 11 is 1.76. The summed E-state index contributed by atoms with van der Waals surface area (Å²) in [6.45, 7) is 10.8. The topological polar surface area (TPSA) is 59.1 Å². The number of thioether (sulfide) groups is 1. The normalized spacial score (nSPS) is 26.0. The highest BCUT2D eigenvalue weighted by Crippen LogP contribution is 2.34. The molecule has 1 atom stereocenters. The van der Waals surface area contributed by atoms with Crippen molar-refractivity contribution in [1.29, 1.82) is 0 Å². The van der Waals surface area contributed by atoms with E-state index in [0.717, 1.165) is 18.6 Å². The van der Waals surface area contributed by atoms with E-state index in [4.69, 9.17) is 9.47 Å². The molecule has 3 rings (SSSR count). The van der Waals surface area contributed by atoms with Gasteiger partial charge in [0, 0.05) is 31.9 Å². The van der Waals surface area contributed by atoms with Gasteiger partial charge in [-0.3, -0.25) is 4.79 Å². The first-order chi connectivity index (χ1) is 12.2. The van der Waals surface area contributed by atoms with E-state index in [-0.39, 0.29) is 23.5 Å². The molecule has 7 heteroatoms. The second kappa shape index (κ2) is 7.43. The average Bonchev–Trinajstić information content (AvgIpc) is 3.00. The lowest BCUT2D eigenvalue weighted by molar-refractivity contribution is -0.160. The first kappa shape index (κ1) is 19.5. The van der Waals surface area contributed by atoms with Gasteiger partial charge in [-0.1, -0.05) is 6.08 Å². The van der Waals surface area contributed by atoms with Crippen LogP contribution in [-0.4, -0.2) is 71.5 Å². The van der Waals surface area contributed by atoms with Crippen molar-refractivity contribution in [2.24, 2.45) is 5.92 Å². The number of hydrogen-bond donors (Lipinski definition) is 0. The minimum atomic E-state index is -0.484. The molecule has 0 aliphatic carbocycles. The molecular formula is C19H30N2O4S. The molecule has 0 radical (unpaired) electrons. The van der Waals surface area contributed by atoms with Crippen molar-refractivity contribution in [3.8, 4) is 0 Å². The lowest BCUT2D eigenvalue weighted by Gasteiger charge is -2.47. The molecule has 3 aliphatic heterocycles. The van der Waals surface area contributed by atoms with Crippen LogP contribution in [0.15, 0.2) is 11.0 Å². The Balaban J connectivity index is 1.56. The molecule has 0 bridgehead atoms. The molecule has 2 amide bonds. The number of rotatable bonds is 1. The van der Waals surface area contributed by atoms with Crippen LogP contribution in [0.3, 0.4) is 0 Å². The van der Waals surface area contributed by atoms with Gasteiger partial charge in [-0.15, -0.1) is 11.8 Å². The van der Waals surface area contributed by atoms with E-state index in [0.29, 0.717) is 32.8 Å². The van der Waals surface area contributed by atoms with Crippen molar-refractivity contribution in [3.05, 3.63) is 11.0 Å². The Hall–Kier alpha value is -1.21. The van der Waals surface area contributed by atoms with E-state index in [9.17, 15) is 9.59 Å². The molecule has 146 valence electrons. The summed E-state index contributed by atoms with van der Waals surface area (Å²) in [4.78, 5) is 30.0. The number of morpholine rings is 1. The molecule has 2 fully saturated rings. The van der Waals surface area contributed by atoms with Crippen LogP contribution in [-0.2, 0) is 14.3 Å². The van der Waals surface area contributed by atoms with E-state index >= 15 is 0 Å². The van der Waals surface area contributed by atoms with Gasteiger partial charge in [-0.2, -0.15) is 0 Å². The van der Waals surface area contributed by atoms with Gasteiger partial charge >= 0.3 is 6.09 Å². The molecule has 0 N–H and O–H groups in total. The highest BCUT2D eigenvalue weighted by Gasteiger charge is 2.43. The number of allylic oxidation sites excluding steroid dienone is 1. The van der Waals surface area contributed by atoms with Crippen molar-refractivity contribution < 1.29 is 19.1 Å². The smallest absolute Gasteiger partial charge is 0.410 e. The molecule has 3 aliphatic rings. The summed E-state index contributed by atoms with van der Waals surface area (Å²) in [6, 6.07) is 0. The minimum absolute atomic E-state index is 0.00278. The number of nitrogens with zero attached hydrogens (tertiary/aromatic N) is 2. The number of carbonyl (C=O) groups is 2. The zero-order chi connectivity index (χ0) is 18.9. The van der Waals surface area contributed by atoms with Gasteiger partial charge < -0.3 is 19.3 Å². The Labute approximate surface area is 160 Å². The molecule has 1 spiro atoms. The van der Waals surface area contributed by atoms with E-state index in [1.54, 1.807) is 16.7 Å². The fraction of sp³-hybridized carbons (Fsp3) is 0.789. The Morgan fingerprint density at radius 3 is 2.50 bits per heavy atom. The van der Waals surface area contributed by atoms with Crippen molar-refractivity contribution in [1.82, 2.24) is 9.80 Å². The Bertz CT molecular complexity index is 591. The van der Waals surface area contributed by atoms with Crippen LogP contribution in [0.2, 0.25) is 0 Å². The molecule has 6 nitrogen and oxygen atoms in total. The van der Waals surface area contributed by atoms with Gasteiger partial charge in [-0.25, -0.2) is 4.79 Å². The minimum Gasteiger partial charge on any atom is -0.444 e. The molecular weight excluding hydrogens is 352 g/mol. The lowest BCUT2D eigenvalue weighted by atomic mass is 9.89. The molecule has 0 aromatic heterocycles. The van der Waals surface area contributed by atoms with Crippen LogP contribution >= 0.6 is 11.8 Å². The van der Waals surface area contributed by atoms with Gasteiger partial charge in [-0.05, 0) is 45.4 Å². The Kier molecular flexibility index (Phi) is 5.58. The zero-order valence-electron chi connectivity index (χ0n) is 16.2. The largest absolute Gasteiger partial charge is 0.444 e. The first-order valence-electron chi connectivity index (χ1n) is 9.39. The second-order valence-electron chi connectivity index (χ2n) is 8.45. The van der Waals surface area contributed by atoms with Gasteiger partial charge in [0.2, 0.25) is 5.91 Å². The summed E-state index contributed by atoms with van der Waals surface area (Å²) in [5, 5.41) is 0. The van der Waals surface area contributed by atoms with E-state index < -0.39 is 5.60 Å². The highest BCUT2D eigenvalue weighted by molar-refractivity contribution is 8.03. The van der Waals surface area contributed by atoms with Crippen LogP contribution in [0.25, 0.3) is 0 Å². The summed E-state index contributed by atoms with van der Waals surface area (Å²) in [5.74, 6) is 1.06. The van der Waals surface area contributed by atoms with Crippen molar-refractivity contribution in [3.63, 3.8) is 0 Å². The van der Waals surface area contributed by atoms with Crippen LogP contribution in [0.4, 0.5) is 4.79 Å². The van der Waals surface area contributed by atoms with Crippen LogP contribution in [0.1, 0.15) is 40.5 Å². The average molecular weight is 383 g/mol. The number of carbonyl (C=O) groups excluding carboxylic acids is 2. The Morgan fingerprint density at radius 1 is 1.23 bits per heavy atom. The maximum absolute atomic E-state index is 12.8. The molecule has 3 heterocycles. The number of hydrogen-bond acceptors (Lipinski definition) is 5. The molecule has 0 aromatic carbocycles. The summed E-state index contributed by atoms with van der Waals surface area (Å²) in [6.07, 6.45) is 3.30. The summed E-state index contributed by atoms with van der Waals surface area (Å²) in [5.41, 5.74) is -0.807. The number of ether oxygens (including phenoxy) is 2. The number of likely N-dealkylation sites (tertiary alicyclic amines) is 1. The van der Waals surface area contributed by atoms with Crippen molar-refractivity contribution >= 4 is 23.8 Å². The second-order valence-corrected chi connectivity index (χ2v) is 9.72. The molecule has 0 aromatic rings. The van der Waals surface area contributed by atoms with Crippen molar-refractivity contribution in [2.75, 3.05) is 38.5 Å². The Morgan fingerprint density at radius 2 is 1.92 bits per heavy atom. The van der Waals surface area contributed by atoms with Crippen LogP contribution in [0, 0.1) is 5.92 Å². The number of piperidine rings is 1. The van der Waals surface area contributed by atoms with E-state index in [1.165, 1.54) is 4.91 Å². The fourth-order valence-corrected chi connectivity index (χ4v) is 4.68. The summed E-state index contributed by atoms with van der Waals surface area (Å²) < 4.78 is 11.6. The fourth-order valence-electron chi connectivity index (χ4n) is 3.74. The van der Waals surface area contributed by atoms with Crippen molar-refractivity contribution in [2.45, 2.75) is 51.7 Å². The quantitative estimate of drug-likeness (QED) is 0.698. The monoisotopic (exact) mass is 382 g/mol. The molecule has 1 unspecified atom stereocenters. The van der Waals surface area contributed by atoms with Crippen LogP contribution in [0.5, 0.6) is 0 Å². The highest BCUT2D eigenvalue weighted by atomic mass is 32.2. The number of amides is 2. The predicted octanol–water partition coefficient (Wildman–Crippen LogP) is 2.88. The third kappa shape index (κ3) is 4.55. The standard InChI is InChI=1S/C19H30N2O4S/c1-14-11-15(12-26-14)16(22)21-9-10-24-19(13-21)5-7-20(8-6-19)17(23)25-18(2,3)4/h11,15H,5-10,12-13H2,1-4H3. The lowest BCUT2D eigenvalue weighted by Crippen LogP contribution is -2.59. The maximum atomic E-state index is 12.8. The van der Waals surface area contributed by atoms with Gasteiger partial charge in [0.1, 0.15) is 5.60 Å². The zero-order valence-corrected chi connectivity index (χ0v) is 17.1. The van der Waals surface area contributed by atoms with E-state index in [2.05, 4.69) is 13.0 Å². The molecule has 0 saturated carbocycles. The predicted molar refractivity (Wildman–Crippen MR) is 102 cm³/mol. The SMILES string of the molecule is CC1=CC(C(=O)N2CCOC3(CCN(C(=O)OC(C)(C)C)CC3)C2)CS1. The molecule has 2 saturated heterocycles. The van der Waals surface area contributed by atoms with E-state index in [1.807, 2.05) is 25.7 Å². The summed E-state index contributed by atoms with van der Waals surface area (Å²) in [7, 11) is 0. The third-order valence-electron chi connectivity index (χ3n) is 5.13. The molecule has 26 heavy (non-hydrogen) atoms.